The highest BCUT2D eigenvalue weighted by atomic mass is 35.5. The van der Waals surface area contributed by atoms with Crippen molar-refractivity contribution in [1.82, 2.24) is 15.3 Å². The average molecular weight is 659 g/mol. The summed E-state index contributed by atoms with van der Waals surface area (Å²) >= 11 is 6.57. The zero-order chi connectivity index (χ0) is 33.0. The number of nitriles is 1. The standard InChI is InChI=1S/C34H35ClN6O6/c1-43-33(44-2)19-37-11-5-7-32(42)41-29-15-26-28(16-31(29)47-25-10-13-45-21-25)39-18-22(17-36)34(26)40-23-8-9-30(27(35)14-23)46-20-24-6-3-4-12-38-24/h3-9,12,14-16,18,25,33,37H,10-11,13,19-21H2,1-2H3,(H,39,40)(H,41,42)/b7-5+/t25-/m0/s1. The summed E-state index contributed by atoms with van der Waals surface area (Å²) < 4.78 is 27.9. The maximum Gasteiger partial charge on any atom is 0.248 e. The number of fused-ring (bicyclic) bond motifs is 1. The fourth-order valence-electron chi connectivity index (χ4n) is 4.78. The van der Waals surface area contributed by atoms with Gasteiger partial charge in [0.2, 0.25) is 5.91 Å². The molecule has 0 saturated carbocycles. The predicted molar refractivity (Wildman–Crippen MR) is 178 cm³/mol. The Bertz CT molecular complexity index is 1740. The van der Waals surface area contributed by atoms with Crippen molar-refractivity contribution in [2.75, 3.05) is 51.2 Å². The van der Waals surface area contributed by atoms with E-state index in [9.17, 15) is 10.1 Å². The summed E-state index contributed by atoms with van der Waals surface area (Å²) in [6, 6.07) is 16.5. The molecule has 12 nitrogen and oxygen atoms in total. The number of hydrogen-bond acceptors (Lipinski definition) is 11. The van der Waals surface area contributed by atoms with Gasteiger partial charge < -0.3 is 39.6 Å². The number of carbonyl (C=O) groups excluding carboxylic acids is 1. The molecule has 1 amide bonds. The van der Waals surface area contributed by atoms with Gasteiger partial charge in [-0.1, -0.05) is 23.7 Å². The first kappa shape index (κ1) is 33.6. The van der Waals surface area contributed by atoms with Crippen LogP contribution in [0.4, 0.5) is 17.1 Å². The van der Waals surface area contributed by atoms with Crippen molar-refractivity contribution in [3.63, 3.8) is 0 Å². The van der Waals surface area contributed by atoms with Gasteiger partial charge in [0.25, 0.3) is 0 Å². The quantitative estimate of drug-likeness (QED) is 0.0862. The Kier molecular flexibility index (Phi) is 11.9. The van der Waals surface area contributed by atoms with Crippen molar-refractivity contribution in [2.45, 2.75) is 25.4 Å². The van der Waals surface area contributed by atoms with Gasteiger partial charge in [-0.05, 0) is 36.4 Å². The molecule has 0 aliphatic carbocycles. The van der Waals surface area contributed by atoms with Gasteiger partial charge in [0.15, 0.2) is 6.29 Å². The van der Waals surface area contributed by atoms with Crippen molar-refractivity contribution < 1.29 is 28.5 Å². The van der Waals surface area contributed by atoms with Crippen molar-refractivity contribution >= 4 is 45.5 Å². The molecular weight excluding hydrogens is 624 g/mol. The number of carbonyl (C=O) groups is 1. The van der Waals surface area contributed by atoms with Crippen LogP contribution in [0, 0.1) is 11.3 Å². The molecule has 13 heteroatoms. The fraction of sp³-hybridized carbons (Fsp3) is 0.294. The molecule has 4 aromatic rings. The highest BCUT2D eigenvalue weighted by Gasteiger charge is 2.21. The Hall–Kier alpha value is -4.77. The van der Waals surface area contributed by atoms with Gasteiger partial charge in [0.05, 0.1) is 46.4 Å². The van der Waals surface area contributed by atoms with Gasteiger partial charge in [-0.15, -0.1) is 0 Å². The number of hydrogen-bond donors (Lipinski definition) is 3. The summed E-state index contributed by atoms with van der Waals surface area (Å²) in [6.45, 7) is 2.19. The van der Waals surface area contributed by atoms with Crippen LogP contribution in [0.2, 0.25) is 5.02 Å². The molecule has 1 atom stereocenters. The number of nitrogens with one attached hydrogen (secondary N) is 3. The Labute approximate surface area is 277 Å². The number of benzene rings is 2. The largest absolute Gasteiger partial charge is 0.486 e. The van der Waals surface area contributed by atoms with Crippen molar-refractivity contribution in [2.24, 2.45) is 0 Å². The summed E-state index contributed by atoms with van der Waals surface area (Å²) in [7, 11) is 3.12. The van der Waals surface area contributed by atoms with E-state index in [1.165, 1.54) is 12.3 Å². The number of amides is 1. The maximum absolute atomic E-state index is 13.0. The number of halogens is 1. The van der Waals surface area contributed by atoms with Gasteiger partial charge in [0.1, 0.15) is 30.3 Å². The zero-order valence-electron chi connectivity index (χ0n) is 26.0. The van der Waals surface area contributed by atoms with E-state index in [4.69, 9.17) is 35.3 Å². The summed E-state index contributed by atoms with van der Waals surface area (Å²) in [5, 5.41) is 20.3. The first-order valence-electron chi connectivity index (χ1n) is 14.9. The molecule has 0 radical (unpaired) electrons. The van der Waals surface area contributed by atoms with E-state index in [1.807, 2.05) is 18.2 Å². The average Bonchev–Trinajstić information content (AvgIpc) is 3.60. The number of methoxy groups -OCH3 is 2. The van der Waals surface area contributed by atoms with Gasteiger partial charge in [-0.2, -0.15) is 5.26 Å². The van der Waals surface area contributed by atoms with E-state index in [-0.39, 0.29) is 24.9 Å². The zero-order valence-corrected chi connectivity index (χ0v) is 26.8. The Morgan fingerprint density at radius 1 is 1.17 bits per heavy atom. The van der Waals surface area contributed by atoms with E-state index in [0.29, 0.717) is 76.4 Å². The number of rotatable bonds is 15. The van der Waals surface area contributed by atoms with Crippen LogP contribution in [0.3, 0.4) is 0 Å². The lowest BCUT2D eigenvalue weighted by molar-refractivity contribution is -0.111. The fourth-order valence-corrected chi connectivity index (χ4v) is 5.02. The van der Waals surface area contributed by atoms with Crippen LogP contribution in [-0.2, 0) is 25.6 Å². The molecule has 3 heterocycles. The van der Waals surface area contributed by atoms with Gasteiger partial charge in [-0.25, -0.2) is 0 Å². The van der Waals surface area contributed by atoms with Crippen LogP contribution in [0.5, 0.6) is 11.5 Å². The van der Waals surface area contributed by atoms with Crippen molar-refractivity contribution in [1.29, 1.82) is 5.26 Å². The topological polar surface area (TPSA) is 149 Å². The van der Waals surface area contributed by atoms with Crippen molar-refractivity contribution in [3.8, 4) is 17.6 Å². The summed E-state index contributed by atoms with van der Waals surface area (Å²) in [4.78, 5) is 21.8. The maximum atomic E-state index is 13.0. The molecule has 0 unspecified atom stereocenters. The van der Waals surface area contributed by atoms with Gasteiger partial charge in [0, 0.05) is 69.3 Å². The van der Waals surface area contributed by atoms with Crippen LogP contribution >= 0.6 is 11.6 Å². The number of nitrogens with zero attached hydrogens (tertiary/aromatic N) is 3. The smallest absolute Gasteiger partial charge is 0.248 e. The first-order chi connectivity index (χ1) is 23.0. The van der Waals surface area contributed by atoms with E-state index in [2.05, 4.69) is 32.0 Å². The Morgan fingerprint density at radius 2 is 2.04 bits per heavy atom. The minimum absolute atomic E-state index is 0.172. The number of anilines is 3. The second-order valence-corrected chi connectivity index (χ2v) is 10.9. The van der Waals surface area contributed by atoms with Crippen LogP contribution in [-0.4, -0.2) is 68.8 Å². The van der Waals surface area contributed by atoms with Crippen LogP contribution in [0.1, 0.15) is 17.7 Å². The molecule has 1 aliphatic rings. The lowest BCUT2D eigenvalue weighted by Gasteiger charge is -2.19. The Balaban J connectivity index is 1.39. The minimum atomic E-state index is -0.386. The van der Waals surface area contributed by atoms with Crippen LogP contribution < -0.4 is 25.4 Å². The summed E-state index contributed by atoms with van der Waals surface area (Å²) in [6.07, 6.45) is 6.47. The number of ether oxygens (including phenoxy) is 5. The minimum Gasteiger partial charge on any atom is -0.486 e. The molecule has 244 valence electrons. The SMILES string of the molecule is COC(CNC/C=C/C(=O)Nc1cc2c(Nc3ccc(OCc4ccccn4)c(Cl)c3)c(C#N)cnc2cc1O[C@H]1CCOC1)OC. The number of pyridine rings is 2. The molecule has 47 heavy (non-hydrogen) atoms. The lowest BCUT2D eigenvalue weighted by atomic mass is 10.1. The molecule has 3 N–H and O–H groups in total. The lowest BCUT2D eigenvalue weighted by Crippen LogP contribution is -2.29. The third-order valence-electron chi connectivity index (χ3n) is 7.20. The second-order valence-electron chi connectivity index (χ2n) is 10.5. The Morgan fingerprint density at radius 3 is 2.77 bits per heavy atom. The van der Waals surface area contributed by atoms with E-state index < -0.39 is 0 Å². The van der Waals surface area contributed by atoms with Crippen LogP contribution in [0.15, 0.2) is 73.1 Å². The second kappa shape index (κ2) is 16.7. The highest BCUT2D eigenvalue weighted by Crippen LogP contribution is 2.38. The third kappa shape index (κ3) is 9.16. The molecule has 2 aromatic carbocycles. The predicted octanol–water partition coefficient (Wildman–Crippen LogP) is 5.35. The van der Waals surface area contributed by atoms with E-state index in [0.717, 1.165) is 12.1 Å². The van der Waals surface area contributed by atoms with Gasteiger partial charge in [-0.3, -0.25) is 14.8 Å². The molecule has 1 saturated heterocycles. The molecule has 1 fully saturated rings. The van der Waals surface area contributed by atoms with E-state index in [1.54, 1.807) is 56.8 Å². The molecule has 5 rings (SSSR count). The molecule has 0 spiro atoms. The molecule has 1 aliphatic heterocycles. The highest BCUT2D eigenvalue weighted by molar-refractivity contribution is 6.32. The molecular formula is C34H35ClN6O6. The molecule has 0 bridgehead atoms. The van der Waals surface area contributed by atoms with Crippen molar-refractivity contribution in [3.05, 3.63) is 89.4 Å². The number of aromatic nitrogens is 2. The summed E-state index contributed by atoms with van der Waals surface area (Å²) in [5.74, 6) is 0.573. The third-order valence-corrected chi connectivity index (χ3v) is 7.50. The van der Waals surface area contributed by atoms with Crippen LogP contribution in [0.25, 0.3) is 10.9 Å². The van der Waals surface area contributed by atoms with Gasteiger partial charge >= 0.3 is 0 Å². The summed E-state index contributed by atoms with van der Waals surface area (Å²) in [5.41, 5.74) is 3.17. The molecule has 2 aromatic heterocycles. The monoisotopic (exact) mass is 658 g/mol. The van der Waals surface area contributed by atoms with E-state index >= 15 is 0 Å². The first-order valence-corrected chi connectivity index (χ1v) is 15.3. The normalized spacial score (nSPS) is 14.4.